The van der Waals surface area contributed by atoms with Crippen LogP contribution in [0.2, 0.25) is 5.02 Å². The number of aromatic nitrogens is 3. The lowest BCUT2D eigenvalue weighted by atomic mass is 9.98. The van der Waals surface area contributed by atoms with Gasteiger partial charge < -0.3 is 10.2 Å². The van der Waals surface area contributed by atoms with E-state index in [1.165, 1.54) is 6.33 Å². The molecule has 2 amide bonds. The fourth-order valence-corrected chi connectivity index (χ4v) is 2.93. The molecule has 1 fully saturated rings. The fourth-order valence-electron chi connectivity index (χ4n) is 2.75. The van der Waals surface area contributed by atoms with Gasteiger partial charge in [0.05, 0.1) is 10.7 Å². The summed E-state index contributed by atoms with van der Waals surface area (Å²) in [7, 11) is 0. The second kappa shape index (κ2) is 6.79. The monoisotopic (exact) mass is 319 g/mol. The number of anilines is 1. The first kappa shape index (κ1) is 14.8. The minimum atomic E-state index is -0.101. The van der Waals surface area contributed by atoms with Crippen LogP contribution < -0.4 is 5.32 Å². The zero-order valence-corrected chi connectivity index (χ0v) is 12.9. The molecule has 1 N–H and O–H groups in total. The summed E-state index contributed by atoms with van der Waals surface area (Å²) in [5.41, 5.74) is 0.646. The van der Waals surface area contributed by atoms with Crippen LogP contribution in [0.15, 0.2) is 36.9 Å². The highest BCUT2D eigenvalue weighted by Crippen LogP contribution is 2.23. The zero-order valence-electron chi connectivity index (χ0n) is 12.2. The minimum absolute atomic E-state index is 0.101. The second-order valence-electron chi connectivity index (χ2n) is 5.48. The van der Waals surface area contributed by atoms with Crippen LogP contribution in [0.5, 0.6) is 0 Å². The van der Waals surface area contributed by atoms with Crippen LogP contribution >= 0.6 is 11.6 Å². The van der Waals surface area contributed by atoms with Crippen molar-refractivity contribution in [1.29, 1.82) is 0 Å². The lowest BCUT2D eigenvalue weighted by Gasteiger charge is -2.32. The number of benzene rings is 1. The molecular weight excluding hydrogens is 302 g/mol. The summed E-state index contributed by atoms with van der Waals surface area (Å²) in [6, 6.07) is 7.16. The molecule has 0 aliphatic carbocycles. The van der Waals surface area contributed by atoms with E-state index in [0.717, 1.165) is 32.5 Å². The number of carbonyl (C=O) groups is 1. The molecule has 0 radical (unpaired) electrons. The standard InChI is InChI=1S/C15H18ClN5O/c16-13-5-1-2-6-14(13)19-15(22)20-7-3-4-12(8-20)9-21-11-17-10-18-21/h1-2,5-6,10-12H,3-4,7-9H2,(H,19,22)/t12-/m1/s1. The maximum absolute atomic E-state index is 12.4. The highest BCUT2D eigenvalue weighted by atomic mass is 35.5. The normalized spacial score (nSPS) is 18.2. The lowest BCUT2D eigenvalue weighted by molar-refractivity contribution is 0.168. The Bertz CT molecular complexity index is 631. The number of nitrogens with zero attached hydrogens (tertiary/aromatic N) is 4. The number of hydrogen-bond donors (Lipinski definition) is 1. The number of likely N-dealkylation sites (tertiary alicyclic amines) is 1. The maximum atomic E-state index is 12.4. The average molecular weight is 320 g/mol. The third-order valence-electron chi connectivity index (χ3n) is 3.83. The number of carbonyl (C=O) groups excluding carboxylic acids is 1. The van der Waals surface area contributed by atoms with E-state index >= 15 is 0 Å². The van der Waals surface area contributed by atoms with Crippen molar-refractivity contribution in [2.45, 2.75) is 19.4 Å². The quantitative estimate of drug-likeness (QED) is 0.946. The Morgan fingerprint density at radius 1 is 1.41 bits per heavy atom. The predicted octanol–water partition coefficient (Wildman–Crippen LogP) is 2.88. The molecule has 0 spiro atoms. The molecule has 1 aliphatic heterocycles. The Kier molecular flexibility index (Phi) is 4.58. The number of hydrogen-bond acceptors (Lipinski definition) is 3. The van der Waals surface area contributed by atoms with Crippen LogP contribution in [0.1, 0.15) is 12.8 Å². The third-order valence-corrected chi connectivity index (χ3v) is 4.16. The molecule has 116 valence electrons. The summed E-state index contributed by atoms with van der Waals surface area (Å²) >= 11 is 6.08. The highest BCUT2D eigenvalue weighted by molar-refractivity contribution is 6.33. The summed E-state index contributed by atoms with van der Waals surface area (Å²) in [6.07, 6.45) is 5.33. The first-order valence-electron chi connectivity index (χ1n) is 7.35. The number of amides is 2. The van der Waals surface area contributed by atoms with Gasteiger partial charge >= 0.3 is 6.03 Å². The molecule has 2 heterocycles. The van der Waals surface area contributed by atoms with E-state index < -0.39 is 0 Å². The zero-order chi connectivity index (χ0) is 15.4. The molecule has 1 aromatic carbocycles. The van der Waals surface area contributed by atoms with Crippen molar-refractivity contribution in [2.75, 3.05) is 18.4 Å². The summed E-state index contributed by atoms with van der Waals surface area (Å²) in [5, 5.41) is 7.56. The van der Waals surface area contributed by atoms with E-state index in [2.05, 4.69) is 15.4 Å². The van der Waals surface area contributed by atoms with Crippen LogP contribution in [0.3, 0.4) is 0 Å². The Labute approximate surface area is 134 Å². The Hall–Kier alpha value is -2.08. The molecule has 0 saturated carbocycles. The van der Waals surface area contributed by atoms with Crippen molar-refractivity contribution in [3.05, 3.63) is 41.9 Å². The van der Waals surface area contributed by atoms with E-state index in [1.54, 1.807) is 18.5 Å². The Balaban J connectivity index is 1.59. The number of para-hydroxylation sites is 1. The number of urea groups is 1. The van der Waals surface area contributed by atoms with Crippen molar-refractivity contribution >= 4 is 23.3 Å². The average Bonchev–Trinajstić information content (AvgIpc) is 3.03. The Morgan fingerprint density at radius 3 is 3.05 bits per heavy atom. The van der Waals surface area contributed by atoms with Gasteiger partial charge in [0.15, 0.2) is 0 Å². The molecular formula is C15H18ClN5O. The van der Waals surface area contributed by atoms with E-state index in [0.29, 0.717) is 16.6 Å². The summed E-state index contributed by atoms with van der Waals surface area (Å²) < 4.78 is 1.82. The van der Waals surface area contributed by atoms with Crippen LogP contribution in [0.25, 0.3) is 0 Å². The van der Waals surface area contributed by atoms with E-state index in [9.17, 15) is 4.79 Å². The van der Waals surface area contributed by atoms with Gasteiger partial charge in [0, 0.05) is 19.6 Å². The van der Waals surface area contributed by atoms with Crippen LogP contribution in [0, 0.1) is 5.92 Å². The van der Waals surface area contributed by atoms with Gasteiger partial charge in [-0.15, -0.1) is 0 Å². The van der Waals surface area contributed by atoms with Gasteiger partial charge in [-0.3, -0.25) is 4.68 Å². The van der Waals surface area contributed by atoms with Crippen LogP contribution in [-0.2, 0) is 6.54 Å². The summed E-state index contributed by atoms with van der Waals surface area (Å²) in [5.74, 6) is 0.396. The van der Waals surface area contributed by atoms with Crippen molar-refractivity contribution in [2.24, 2.45) is 5.92 Å². The SMILES string of the molecule is O=C(Nc1ccccc1Cl)N1CCC[C@@H](Cn2cncn2)C1. The molecule has 7 heteroatoms. The van der Waals surface area contributed by atoms with Gasteiger partial charge in [0.25, 0.3) is 0 Å². The molecule has 1 aromatic heterocycles. The van der Waals surface area contributed by atoms with Crippen LogP contribution in [-0.4, -0.2) is 38.8 Å². The number of rotatable bonds is 3. The Morgan fingerprint density at radius 2 is 2.27 bits per heavy atom. The van der Waals surface area contributed by atoms with Gasteiger partial charge in [-0.1, -0.05) is 23.7 Å². The maximum Gasteiger partial charge on any atom is 0.321 e. The smallest absolute Gasteiger partial charge is 0.321 e. The van der Waals surface area contributed by atoms with Crippen molar-refractivity contribution in [3.8, 4) is 0 Å². The number of halogens is 1. The van der Waals surface area contributed by atoms with Crippen molar-refractivity contribution < 1.29 is 4.79 Å². The van der Waals surface area contributed by atoms with E-state index in [-0.39, 0.29) is 6.03 Å². The molecule has 1 atom stereocenters. The van der Waals surface area contributed by atoms with E-state index in [4.69, 9.17) is 11.6 Å². The van der Waals surface area contributed by atoms with Crippen molar-refractivity contribution in [3.63, 3.8) is 0 Å². The topological polar surface area (TPSA) is 63.1 Å². The summed E-state index contributed by atoms with van der Waals surface area (Å²) in [4.78, 5) is 18.2. The first-order valence-corrected chi connectivity index (χ1v) is 7.73. The lowest BCUT2D eigenvalue weighted by Crippen LogP contribution is -2.43. The third kappa shape index (κ3) is 3.57. The van der Waals surface area contributed by atoms with Gasteiger partial charge in [-0.2, -0.15) is 5.10 Å². The molecule has 0 unspecified atom stereocenters. The molecule has 0 bridgehead atoms. The number of piperidine rings is 1. The molecule has 6 nitrogen and oxygen atoms in total. The van der Waals surface area contributed by atoms with E-state index in [1.807, 2.05) is 21.7 Å². The van der Waals surface area contributed by atoms with Gasteiger partial charge in [0.2, 0.25) is 0 Å². The van der Waals surface area contributed by atoms with Gasteiger partial charge in [-0.05, 0) is 30.9 Å². The largest absolute Gasteiger partial charge is 0.324 e. The number of nitrogens with one attached hydrogen (secondary N) is 1. The first-order chi connectivity index (χ1) is 10.7. The van der Waals surface area contributed by atoms with Crippen LogP contribution in [0.4, 0.5) is 10.5 Å². The molecule has 1 aliphatic rings. The molecule has 2 aromatic rings. The molecule has 22 heavy (non-hydrogen) atoms. The molecule has 3 rings (SSSR count). The van der Waals surface area contributed by atoms with Crippen molar-refractivity contribution in [1.82, 2.24) is 19.7 Å². The molecule has 1 saturated heterocycles. The minimum Gasteiger partial charge on any atom is -0.324 e. The second-order valence-corrected chi connectivity index (χ2v) is 5.89. The van der Waals surface area contributed by atoms with Gasteiger partial charge in [0.1, 0.15) is 12.7 Å². The fraction of sp³-hybridized carbons (Fsp3) is 0.400. The van der Waals surface area contributed by atoms with Gasteiger partial charge in [-0.25, -0.2) is 9.78 Å². The summed E-state index contributed by atoms with van der Waals surface area (Å²) in [6.45, 7) is 2.27. The highest BCUT2D eigenvalue weighted by Gasteiger charge is 2.24. The predicted molar refractivity (Wildman–Crippen MR) is 84.8 cm³/mol.